The number of benzene rings is 2. The molecule has 0 saturated carbocycles. The Labute approximate surface area is 258 Å². The topological polar surface area (TPSA) is 79.8 Å². The van der Waals surface area contributed by atoms with E-state index in [2.05, 4.69) is 16.9 Å². The third-order valence-electron chi connectivity index (χ3n) is 7.17. The summed E-state index contributed by atoms with van der Waals surface area (Å²) in [5, 5.41) is 0. The van der Waals surface area contributed by atoms with Crippen molar-refractivity contribution in [3.05, 3.63) is 60.9 Å². The molecule has 0 bridgehead atoms. The van der Waals surface area contributed by atoms with Crippen LogP contribution in [0.3, 0.4) is 0 Å². The van der Waals surface area contributed by atoms with Crippen molar-refractivity contribution in [2.75, 3.05) is 19.8 Å². The van der Waals surface area contributed by atoms with Gasteiger partial charge >= 0.3 is 5.97 Å². The lowest BCUT2D eigenvalue weighted by Crippen LogP contribution is -2.30. The molecule has 2 atom stereocenters. The van der Waals surface area contributed by atoms with Crippen molar-refractivity contribution in [2.45, 2.75) is 104 Å². The van der Waals surface area contributed by atoms with E-state index in [-0.39, 0.29) is 18.7 Å². The summed E-state index contributed by atoms with van der Waals surface area (Å²) in [5.74, 6) is 1.87. The molecular formula is C36H50N2O5. The smallest absolute Gasteiger partial charge is 0.335 e. The molecule has 3 aromatic rings. The van der Waals surface area contributed by atoms with Crippen LogP contribution in [0.5, 0.6) is 11.5 Å². The van der Waals surface area contributed by atoms with Crippen molar-refractivity contribution in [3.63, 3.8) is 0 Å². The molecule has 0 radical (unpaired) electrons. The lowest BCUT2D eigenvalue weighted by atomic mass is 10.1. The number of aromatic nitrogens is 2. The molecular weight excluding hydrogens is 540 g/mol. The van der Waals surface area contributed by atoms with Gasteiger partial charge in [-0.05, 0) is 68.7 Å². The molecule has 2 aromatic carbocycles. The summed E-state index contributed by atoms with van der Waals surface area (Å²) < 4.78 is 22.6. The van der Waals surface area contributed by atoms with Gasteiger partial charge in [0.05, 0.1) is 6.61 Å². The Kier molecular flexibility index (Phi) is 15.6. The molecule has 43 heavy (non-hydrogen) atoms. The summed E-state index contributed by atoms with van der Waals surface area (Å²) in [5.41, 5.74) is 2.85. The molecule has 7 heteroatoms. The summed E-state index contributed by atoms with van der Waals surface area (Å²) in [6, 6.07) is 15.7. The Morgan fingerprint density at radius 3 is 1.81 bits per heavy atom. The summed E-state index contributed by atoms with van der Waals surface area (Å²) in [6.45, 7) is 9.30. The predicted octanol–water partition coefficient (Wildman–Crippen LogP) is 8.85. The number of carbonyl (C=O) groups is 1. The highest BCUT2D eigenvalue weighted by Gasteiger charge is 2.18. The Hall–Kier alpha value is -3.45. The Bertz CT molecular complexity index is 1170. The quantitative estimate of drug-likeness (QED) is 0.0905. The first-order valence-electron chi connectivity index (χ1n) is 16.1. The number of ether oxygens (including phenoxy) is 4. The second-order valence-corrected chi connectivity index (χ2v) is 11.1. The number of nitrogens with zero attached hydrogens (tertiary/aromatic N) is 2. The first-order chi connectivity index (χ1) is 21.0. The van der Waals surface area contributed by atoms with E-state index in [0.717, 1.165) is 41.9 Å². The fourth-order valence-corrected chi connectivity index (χ4v) is 4.58. The third kappa shape index (κ3) is 12.8. The lowest BCUT2D eigenvalue weighted by Gasteiger charge is -2.17. The third-order valence-corrected chi connectivity index (χ3v) is 7.17. The van der Waals surface area contributed by atoms with E-state index >= 15 is 0 Å². The second-order valence-electron chi connectivity index (χ2n) is 11.1. The molecule has 0 amide bonds. The van der Waals surface area contributed by atoms with Gasteiger partial charge in [0, 0.05) is 30.1 Å². The minimum absolute atomic E-state index is 0.256. The van der Waals surface area contributed by atoms with Crippen LogP contribution in [-0.4, -0.2) is 48.0 Å². The van der Waals surface area contributed by atoms with E-state index in [0.29, 0.717) is 18.2 Å². The maximum atomic E-state index is 12.1. The van der Waals surface area contributed by atoms with Crippen LogP contribution in [0.25, 0.3) is 22.5 Å². The van der Waals surface area contributed by atoms with Gasteiger partial charge in [-0.2, -0.15) is 0 Å². The van der Waals surface area contributed by atoms with E-state index in [4.69, 9.17) is 18.9 Å². The molecule has 1 heterocycles. The van der Waals surface area contributed by atoms with Crippen molar-refractivity contribution < 1.29 is 23.7 Å². The zero-order chi connectivity index (χ0) is 30.7. The van der Waals surface area contributed by atoms with Gasteiger partial charge in [-0.1, -0.05) is 77.3 Å². The van der Waals surface area contributed by atoms with Crippen molar-refractivity contribution >= 4 is 5.97 Å². The van der Waals surface area contributed by atoms with Gasteiger partial charge in [-0.15, -0.1) is 0 Å². The minimum atomic E-state index is -0.581. The van der Waals surface area contributed by atoms with Gasteiger partial charge in [0.15, 0.2) is 11.9 Å². The first kappa shape index (κ1) is 34.0. The van der Waals surface area contributed by atoms with Gasteiger partial charge in [-0.25, -0.2) is 14.8 Å². The first-order valence-corrected chi connectivity index (χ1v) is 16.1. The molecule has 0 aliphatic rings. The molecule has 7 nitrogen and oxygen atoms in total. The van der Waals surface area contributed by atoms with Gasteiger partial charge in [0.25, 0.3) is 0 Å². The maximum absolute atomic E-state index is 12.1. The molecule has 0 aliphatic carbocycles. The van der Waals surface area contributed by atoms with Crippen LogP contribution < -0.4 is 9.47 Å². The van der Waals surface area contributed by atoms with Crippen molar-refractivity contribution in [2.24, 2.45) is 0 Å². The van der Waals surface area contributed by atoms with E-state index in [9.17, 15) is 4.79 Å². The molecule has 0 fully saturated rings. The Morgan fingerprint density at radius 2 is 1.21 bits per heavy atom. The van der Waals surface area contributed by atoms with Crippen LogP contribution in [0, 0.1) is 0 Å². The largest absolute Gasteiger partial charge is 0.494 e. The zero-order valence-corrected chi connectivity index (χ0v) is 26.6. The van der Waals surface area contributed by atoms with Crippen LogP contribution >= 0.6 is 0 Å². The standard InChI is InChI=1S/C36H50N2O5/c1-5-7-8-9-10-11-12-13-14-24-41-33-21-17-31(18-22-33)35-37-25-32(26-38-35)30-15-19-34(20-16-30)42-27-28(3)43-36(39)29(4)40-23-6-2/h15-22,25-26,28-29H,5-14,23-24,27H2,1-4H3. The molecule has 0 aliphatic heterocycles. The average Bonchev–Trinajstić information content (AvgIpc) is 3.04. The highest BCUT2D eigenvalue weighted by molar-refractivity contribution is 5.74. The molecule has 2 unspecified atom stereocenters. The molecule has 234 valence electrons. The molecule has 1 aromatic heterocycles. The monoisotopic (exact) mass is 590 g/mol. The normalized spacial score (nSPS) is 12.5. The number of esters is 1. The maximum Gasteiger partial charge on any atom is 0.335 e. The number of unbranched alkanes of at least 4 members (excludes halogenated alkanes) is 8. The van der Waals surface area contributed by atoms with Crippen LogP contribution in [0.2, 0.25) is 0 Å². The predicted molar refractivity (Wildman–Crippen MR) is 172 cm³/mol. The number of rotatable bonds is 21. The van der Waals surface area contributed by atoms with Gasteiger partial charge in [0.1, 0.15) is 24.2 Å². The highest BCUT2D eigenvalue weighted by atomic mass is 16.6. The Balaban J connectivity index is 1.38. The van der Waals surface area contributed by atoms with Crippen LogP contribution in [0.1, 0.15) is 91.9 Å². The fraction of sp³-hybridized carbons (Fsp3) is 0.528. The summed E-state index contributed by atoms with van der Waals surface area (Å²) in [7, 11) is 0. The SMILES string of the molecule is CCCCCCCCCCCOc1ccc(-c2ncc(-c3ccc(OCC(C)OC(=O)C(C)OCCC)cc3)cn2)cc1. The lowest BCUT2D eigenvalue weighted by molar-refractivity contribution is -0.162. The van der Waals surface area contributed by atoms with Crippen LogP contribution in [-0.2, 0) is 14.3 Å². The highest BCUT2D eigenvalue weighted by Crippen LogP contribution is 2.24. The summed E-state index contributed by atoms with van der Waals surface area (Å²) in [4.78, 5) is 21.2. The summed E-state index contributed by atoms with van der Waals surface area (Å²) in [6.07, 6.45) is 15.3. The van der Waals surface area contributed by atoms with Gasteiger partial charge in [0.2, 0.25) is 0 Å². The van der Waals surface area contributed by atoms with Crippen LogP contribution in [0.4, 0.5) is 0 Å². The molecule has 3 rings (SSSR count). The zero-order valence-electron chi connectivity index (χ0n) is 26.6. The number of carbonyl (C=O) groups excluding carboxylic acids is 1. The van der Waals surface area contributed by atoms with Gasteiger partial charge in [-0.3, -0.25) is 0 Å². The van der Waals surface area contributed by atoms with Crippen molar-refractivity contribution in [1.82, 2.24) is 9.97 Å². The van der Waals surface area contributed by atoms with Crippen molar-refractivity contribution in [3.8, 4) is 34.0 Å². The Morgan fingerprint density at radius 1 is 0.651 bits per heavy atom. The van der Waals surface area contributed by atoms with E-state index in [1.807, 2.05) is 67.8 Å². The molecule has 0 spiro atoms. The van der Waals surface area contributed by atoms with E-state index < -0.39 is 6.10 Å². The van der Waals surface area contributed by atoms with E-state index in [1.54, 1.807) is 13.8 Å². The number of hydrogen-bond donors (Lipinski definition) is 0. The number of hydrogen-bond acceptors (Lipinski definition) is 7. The average molecular weight is 591 g/mol. The summed E-state index contributed by atoms with van der Waals surface area (Å²) >= 11 is 0. The van der Waals surface area contributed by atoms with Crippen LogP contribution in [0.15, 0.2) is 60.9 Å². The van der Waals surface area contributed by atoms with E-state index in [1.165, 1.54) is 51.4 Å². The fourth-order valence-electron chi connectivity index (χ4n) is 4.58. The molecule has 0 N–H and O–H groups in total. The second kappa shape index (κ2) is 19.7. The molecule has 0 saturated heterocycles. The van der Waals surface area contributed by atoms with Crippen molar-refractivity contribution in [1.29, 1.82) is 0 Å². The minimum Gasteiger partial charge on any atom is -0.494 e. The van der Waals surface area contributed by atoms with Gasteiger partial charge < -0.3 is 18.9 Å².